The first-order chi connectivity index (χ1) is 8.85. The SMILES string of the molecule is CCCNCc1sc(N2CCCC2)nc1COC. The second kappa shape index (κ2) is 7.07. The lowest BCUT2D eigenvalue weighted by Crippen LogP contribution is -2.17. The molecule has 1 N–H and O–H groups in total. The molecule has 1 aliphatic heterocycles. The number of aromatic nitrogens is 1. The maximum Gasteiger partial charge on any atom is 0.185 e. The zero-order valence-corrected chi connectivity index (χ0v) is 12.2. The number of hydrogen-bond acceptors (Lipinski definition) is 5. The van der Waals surface area contributed by atoms with Crippen molar-refractivity contribution in [2.75, 3.05) is 31.6 Å². The fourth-order valence-electron chi connectivity index (χ4n) is 2.18. The van der Waals surface area contributed by atoms with Crippen molar-refractivity contribution in [3.05, 3.63) is 10.6 Å². The van der Waals surface area contributed by atoms with E-state index in [1.54, 1.807) is 7.11 Å². The molecule has 1 fully saturated rings. The van der Waals surface area contributed by atoms with Gasteiger partial charge in [-0.2, -0.15) is 0 Å². The van der Waals surface area contributed by atoms with Gasteiger partial charge in [0.25, 0.3) is 0 Å². The minimum atomic E-state index is 0.619. The summed E-state index contributed by atoms with van der Waals surface area (Å²) >= 11 is 1.82. The Morgan fingerprint density at radius 1 is 1.39 bits per heavy atom. The summed E-state index contributed by atoms with van der Waals surface area (Å²) in [5, 5.41) is 4.62. The van der Waals surface area contributed by atoms with Crippen LogP contribution in [0.2, 0.25) is 0 Å². The van der Waals surface area contributed by atoms with E-state index in [2.05, 4.69) is 17.1 Å². The van der Waals surface area contributed by atoms with Gasteiger partial charge in [0.05, 0.1) is 12.3 Å². The molecule has 0 bridgehead atoms. The highest BCUT2D eigenvalue weighted by atomic mass is 32.1. The van der Waals surface area contributed by atoms with Crippen molar-refractivity contribution >= 4 is 16.5 Å². The van der Waals surface area contributed by atoms with Crippen LogP contribution in [0.4, 0.5) is 5.13 Å². The smallest absolute Gasteiger partial charge is 0.185 e. The van der Waals surface area contributed by atoms with Crippen molar-refractivity contribution in [1.29, 1.82) is 0 Å². The van der Waals surface area contributed by atoms with E-state index < -0.39 is 0 Å². The molecule has 0 atom stereocenters. The second-order valence-corrected chi connectivity index (χ2v) is 5.73. The van der Waals surface area contributed by atoms with Gasteiger partial charge in [-0.1, -0.05) is 6.92 Å². The number of hydrogen-bond donors (Lipinski definition) is 1. The van der Waals surface area contributed by atoms with Crippen LogP contribution in [0, 0.1) is 0 Å². The maximum atomic E-state index is 5.25. The van der Waals surface area contributed by atoms with Crippen LogP contribution >= 0.6 is 11.3 Å². The van der Waals surface area contributed by atoms with Crippen molar-refractivity contribution in [2.24, 2.45) is 0 Å². The molecule has 1 aromatic heterocycles. The van der Waals surface area contributed by atoms with E-state index >= 15 is 0 Å². The van der Waals surface area contributed by atoms with Crippen LogP contribution in [0.15, 0.2) is 0 Å². The maximum absolute atomic E-state index is 5.25. The first-order valence-corrected chi connectivity index (χ1v) is 7.60. The van der Waals surface area contributed by atoms with E-state index in [1.807, 2.05) is 11.3 Å². The van der Waals surface area contributed by atoms with Gasteiger partial charge in [0, 0.05) is 31.6 Å². The van der Waals surface area contributed by atoms with Crippen molar-refractivity contribution in [2.45, 2.75) is 39.3 Å². The van der Waals surface area contributed by atoms with Crippen LogP contribution in [0.1, 0.15) is 36.8 Å². The molecule has 0 aliphatic carbocycles. The van der Waals surface area contributed by atoms with Crippen LogP contribution in [0.25, 0.3) is 0 Å². The number of thiazole rings is 1. The number of ether oxygens (including phenoxy) is 1. The topological polar surface area (TPSA) is 37.4 Å². The van der Waals surface area contributed by atoms with Gasteiger partial charge >= 0.3 is 0 Å². The molecule has 0 radical (unpaired) electrons. The van der Waals surface area contributed by atoms with E-state index in [9.17, 15) is 0 Å². The summed E-state index contributed by atoms with van der Waals surface area (Å²) in [5.74, 6) is 0. The summed E-state index contributed by atoms with van der Waals surface area (Å²) < 4.78 is 5.25. The van der Waals surface area contributed by atoms with Crippen molar-refractivity contribution in [3.63, 3.8) is 0 Å². The third-order valence-electron chi connectivity index (χ3n) is 3.14. The molecule has 0 aromatic carbocycles. The lowest BCUT2D eigenvalue weighted by Gasteiger charge is -2.12. The van der Waals surface area contributed by atoms with Gasteiger partial charge in [-0.3, -0.25) is 0 Å². The van der Waals surface area contributed by atoms with Crippen LogP contribution in [0.3, 0.4) is 0 Å². The van der Waals surface area contributed by atoms with Gasteiger partial charge in [0.1, 0.15) is 0 Å². The van der Waals surface area contributed by atoms with Gasteiger partial charge in [0.2, 0.25) is 0 Å². The van der Waals surface area contributed by atoms with Crippen molar-refractivity contribution < 1.29 is 4.74 Å². The standard InChI is InChI=1S/C13H23N3OS/c1-3-6-14-9-12-11(10-17-2)15-13(18-12)16-7-4-5-8-16/h14H,3-10H2,1-2H3. The Labute approximate surface area is 113 Å². The summed E-state index contributed by atoms with van der Waals surface area (Å²) in [6.07, 6.45) is 3.75. The molecular weight excluding hydrogens is 246 g/mol. The fraction of sp³-hybridized carbons (Fsp3) is 0.769. The van der Waals surface area contributed by atoms with E-state index in [4.69, 9.17) is 9.72 Å². The Kier molecular flexibility index (Phi) is 5.41. The Balaban J connectivity index is 2.04. The lowest BCUT2D eigenvalue weighted by atomic mass is 10.3. The lowest BCUT2D eigenvalue weighted by molar-refractivity contribution is 0.181. The number of rotatable bonds is 7. The molecule has 2 heterocycles. The summed E-state index contributed by atoms with van der Waals surface area (Å²) in [6.45, 7) is 7.09. The molecule has 0 amide bonds. The Bertz CT molecular complexity index is 361. The van der Waals surface area contributed by atoms with E-state index in [1.165, 1.54) is 22.9 Å². The molecule has 18 heavy (non-hydrogen) atoms. The zero-order chi connectivity index (χ0) is 12.8. The molecule has 1 aromatic rings. The largest absolute Gasteiger partial charge is 0.378 e. The summed E-state index contributed by atoms with van der Waals surface area (Å²) in [7, 11) is 1.73. The second-order valence-electron chi connectivity index (χ2n) is 4.67. The molecule has 4 nitrogen and oxygen atoms in total. The molecule has 0 unspecified atom stereocenters. The molecule has 1 aliphatic rings. The monoisotopic (exact) mass is 269 g/mol. The number of methoxy groups -OCH3 is 1. The third kappa shape index (κ3) is 3.43. The minimum Gasteiger partial charge on any atom is -0.378 e. The fourth-order valence-corrected chi connectivity index (χ4v) is 3.26. The predicted octanol–water partition coefficient (Wildman–Crippen LogP) is 2.39. The number of nitrogens with one attached hydrogen (secondary N) is 1. The molecule has 1 saturated heterocycles. The first-order valence-electron chi connectivity index (χ1n) is 6.78. The highest BCUT2D eigenvalue weighted by molar-refractivity contribution is 7.15. The highest BCUT2D eigenvalue weighted by Crippen LogP contribution is 2.29. The normalized spacial score (nSPS) is 15.6. The van der Waals surface area contributed by atoms with Gasteiger partial charge in [-0.25, -0.2) is 4.98 Å². The Morgan fingerprint density at radius 2 is 2.17 bits per heavy atom. The van der Waals surface area contributed by atoms with Crippen molar-refractivity contribution in [1.82, 2.24) is 10.3 Å². The summed E-state index contributed by atoms with van der Waals surface area (Å²) in [5.41, 5.74) is 1.10. The molecule has 0 spiro atoms. The minimum absolute atomic E-state index is 0.619. The highest BCUT2D eigenvalue weighted by Gasteiger charge is 2.18. The van der Waals surface area contributed by atoms with E-state index in [0.29, 0.717) is 6.61 Å². The summed E-state index contributed by atoms with van der Waals surface area (Å²) in [6, 6.07) is 0. The molecule has 2 rings (SSSR count). The Hall–Kier alpha value is -0.650. The molecule has 5 heteroatoms. The zero-order valence-electron chi connectivity index (χ0n) is 11.4. The molecule has 102 valence electrons. The average Bonchev–Trinajstić information content (AvgIpc) is 2.99. The number of nitrogens with zero attached hydrogens (tertiary/aromatic N) is 2. The van der Waals surface area contributed by atoms with Gasteiger partial charge in [-0.15, -0.1) is 11.3 Å². The van der Waals surface area contributed by atoms with E-state index in [0.717, 1.165) is 38.3 Å². The van der Waals surface area contributed by atoms with E-state index in [-0.39, 0.29) is 0 Å². The predicted molar refractivity (Wildman–Crippen MR) is 76.3 cm³/mol. The van der Waals surface area contributed by atoms with Gasteiger partial charge < -0.3 is 15.0 Å². The Morgan fingerprint density at radius 3 is 2.83 bits per heavy atom. The van der Waals surface area contributed by atoms with Gasteiger partial charge in [0.15, 0.2) is 5.13 Å². The quantitative estimate of drug-likeness (QED) is 0.771. The van der Waals surface area contributed by atoms with Crippen LogP contribution in [-0.2, 0) is 17.9 Å². The third-order valence-corrected chi connectivity index (χ3v) is 4.30. The molecular formula is C13H23N3OS. The molecule has 0 saturated carbocycles. The van der Waals surface area contributed by atoms with Gasteiger partial charge in [-0.05, 0) is 25.8 Å². The average molecular weight is 269 g/mol. The summed E-state index contributed by atoms with van der Waals surface area (Å²) in [4.78, 5) is 8.46. The van der Waals surface area contributed by atoms with Crippen molar-refractivity contribution in [3.8, 4) is 0 Å². The van der Waals surface area contributed by atoms with Crippen LogP contribution < -0.4 is 10.2 Å². The van der Waals surface area contributed by atoms with Crippen LogP contribution in [0.5, 0.6) is 0 Å². The number of anilines is 1. The first kappa shape index (κ1) is 13.8. The van der Waals surface area contributed by atoms with Crippen LogP contribution in [-0.4, -0.2) is 31.7 Å².